The Hall–Kier alpha value is -2.09. The predicted molar refractivity (Wildman–Crippen MR) is 75.7 cm³/mol. The van der Waals surface area contributed by atoms with Gasteiger partial charge in [0.05, 0.1) is 11.5 Å². The molecule has 1 atom stereocenters. The summed E-state index contributed by atoms with van der Waals surface area (Å²) in [4.78, 5) is 22.7. The van der Waals surface area contributed by atoms with Crippen LogP contribution in [0.5, 0.6) is 5.75 Å². The second-order valence-corrected chi connectivity index (χ2v) is 7.08. The van der Waals surface area contributed by atoms with Crippen molar-refractivity contribution < 1.29 is 22.7 Å². The van der Waals surface area contributed by atoms with E-state index in [2.05, 4.69) is 5.32 Å². The molecule has 1 aliphatic heterocycles. The average Bonchev–Trinajstić information content (AvgIpc) is 2.76. The number of carbonyl (C=O) groups excluding carboxylic acids is 2. The molecule has 7 nitrogen and oxygen atoms in total. The Labute approximate surface area is 122 Å². The molecular formula is C13H16N2O5S. The van der Waals surface area contributed by atoms with Crippen LogP contribution in [0.2, 0.25) is 0 Å². The van der Waals surface area contributed by atoms with Crippen LogP contribution in [0.25, 0.3) is 0 Å². The lowest BCUT2D eigenvalue weighted by Gasteiger charge is -2.11. The number of hydrogen-bond donors (Lipinski definition) is 2. The van der Waals surface area contributed by atoms with E-state index in [1.165, 1.54) is 6.07 Å². The van der Waals surface area contributed by atoms with Gasteiger partial charge in [-0.25, -0.2) is 8.42 Å². The van der Waals surface area contributed by atoms with E-state index >= 15 is 0 Å². The van der Waals surface area contributed by atoms with Crippen LogP contribution in [-0.2, 0) is 14.6 Å². The molecule has 1 heterocycles. The fraction of sp³-hybridized carbons (Fsp3) is 0.385. The molecule has 2 amide bonds. The van der Waals surface area contributed by atoms with Crippen molar-refractivity contribution in [2.24, 2.45) is 5.73 Å². The average molecular weight is 312 g/mol. The zero-order valence-electron chi connectivity index (χ0n) is 11.2. The maximum atomic E-state index is 12.0. The number of nitrogens with one attached hydrogen (secondary N) is 1. The molecule has 3 N–H and O–H groups in total. The molecule has 1 aromatic rings. The Morgan fingerprint density at radius 3 is 2.76 bits per heavy atom. The van der Waals surface area contributed by atoms with Crippen molar-refractivity contribution in [2.45, 2.75) is 12.5 Å². The number of amides is 2. The van der Waals surface area contributed by atoms with Crippen molar-refractivity contribution in [1.29, 1.82) is 0 Å². The van der Waals surface area contributed by atoms with Crippen LogP contribution < -0.4 is 15.8 Å². The molecule has 2 rings (SSSR count). The molecule has 0 aliphatic carbocycles. The Bertz CT molecular complexity index is 656. The first kappa shape index (κ1) is 15.3. The molecule has 1 aliphatic rings. The van der Waals surface area contributed by atoms with Gasteiger partial charge in [-0.3, -0.25) is 9.59 Å². The van der Waals surface area contributed by atoms with Crippen molar-refractivity contribution in [1.82, 2.24) is 5.32 Å². The van der Waals surface area contributed by atoms with Gasteiger partial charge in [0.2, 0.25) is 0 Å². The monoisotopic (exact) mass is 312 g/mol. The van der Waals surface area contributed by atoms with Crippen molar-refractivity contribution >= 4 is 21.7 Å². The van der Waals surface area contributed by atoms with E-state index in [0.29, 0.717) is 17.7 Å². The van der Waals surface area contributed by atoms with Crippen LogP contribution in [0, 0.1) is 0 Å². The molecule has 0 bridgehead atoms. The predicted octanol–water partition coefficient (Wildman–Crippen LogP) is -0.532. The number of primary amides is 1. The topological polar surface area (TPSA) is 116 Å². The molecule has 114 valence electrons. The number of nitrogens with two attached hydrogens (primary N) is 1. The van der Waals surface area contributed by atoms with E-state index in [0.717, 1.165) is 0 Å². The van der Waals surface area contributed by atoms with Crippen LogP contribution in [0.4, 0.5) is 0 Å². The Balaban J connectivity index is 1.99. The van der Waals surface area contributed by atoms with Crippen LogP contribution in [-0.4, -0.2) is 44.4 Å². The third kappa shape index (κ3) is 4.45. The smallest absolute Gasteiger partial charge is 0.255 e. The number of sulfone groups is 1. The van der Waals surface area contributed by atoms with Gasteiger partial charge >= 0.3 is 0 Å². The highest BCUT2D eigenvalue weighted by atomic mass is 32.2. The zero-order chi connectivity index (χ0) is 15.5. The van der Waals surface area contributed by atoms with Gasteiger partial charge in [0.15, 0.2) is 16.4 Å². The van der Waals surface area contributed by atoms with Gasteiger partial charge in [-0.15, -0.1) is 0 Å². The zero-order valence-corrected chi connectivity index (χ0v) is 12.1. The fourth-order valence-electron chi connectivity index (χ4n) is 2.06. The molecule has 0 spiro atoms. The first-order valence-corrected chi connectivity index (χ1v) is 8.20. The fourth-order valence-corrected chi connectivity index (χ4v) is 3.73. The minimum atomic E-state index is -3.04. The minimum absolute atomic E-state index is 0.0311. The summed E-state index contributed by atoms with van der Waals surface area (Å²) in [5.74, 6) is -0.570. The van der Waals surface area contributed by atoms with Crippen molar-refractivity contribution in [2.75, 3.05) is 18.1 Å². The SMILES string of the molecule is NC(=O)COc1cccc(C(=O)N[C@@H]2CCS(=O)(=O)C2)c1. The summed E-state index contributed by atoms with van der Waals surface area (Å²) < 4.78 is 27.8. The molecule has 1 saturated heterocycles. The van der Waals surface area contributed by atoms with Crippen LogP contribution in [0.1, 0.15) is 16.8 Å². The highest BCUT2D eigenvalue weighted by Gasteiger charge is 2.29. The molecule has 1 aromatic carbocycles. The molecular weight excluding hydrogens is 296 g/mol. The van der Waals surface area contributed by atoms with Gasteiger partial charge in [-0.05, 0) is 24.6 Å². The summed E-state index contributed by atoms with van der Waals surface area (Å²) in [6.07, 6.45) is 0.423. The van der Waals surface area contributed by atoms with Crippen molar-refractivity contribution in [3.63, 3.8) is 0 Å². The second kappa shape index (κ2) is 6.13. The number of benzene rings is 1. The van der Waals surface area contributed by atoms with E-state index in [9.17, 15) is 18.0 Å². The Morgan fingerprint density at radius 1 is 1.38 bits per heavy atom. The highest BCUT2D eigenvalue weighted by molar-refractivity contribution is 7.91. The highest BCUT2D eigenvalue weighted by Crippen LogP contribution is 2.15. The van der Waals surface area contributed by atoms with Gasteiger partial charge in [0.25, 0.3) is 11.8 Å². The lowest BCUT2D eigenvalue weighted by Crippen LogP contribution is -2.35. The largest absolute Gasteiger partial charge is 0.484 e. The Kier molecular flexibility index (Phi) is 4.46. The maximum absolute atomic E-state index is 12.0. The Morgan fingerprint density at radius 2 is 2.14 bits per heavy atom. The quantitative estimate of drug-likeness (QED) is 0.758. The first-order valence-electron chi connectivity index (χ1n) is 6.38. The first-order chi connectivity index (χ1) is 9.85. The van der Waals surface area contributed by atoms with Gasteiger partial charge in [-0.2, -0.15) is 0 Å². The van der Waals surface area contributed by atoms with E-state index in [-0.39, 0.29) is 30.1 Å². The third-order valence-corrected chi connectivity index (χ3v) is 4.81. The lowest BCUT2D eigenvalue weighted by molar-refractivity contribution is -0.119. The van der Waals surface area contributed by atoms with Crippen molar-refractivity contribution in [3.8, 4) is 5.75 Å². The van der Waals surface area contributed by atoms with Gasteiger partial charge in [0, 0.05) is 11.6 Å². The summed E-state index contributed by atoms with van der Waals surface area (Å²) in [5.41, 5.74) is 5.31. The van der Waals surface area contributed by atoms with Gasteiger partial charge < -0.3 is 15.8 Å². The van der Waals surface area contributed by atoms with Gasteiger partial charge in [0.1, 0.15) is 5.75 Å². The summed E-state index contributed by atoms with van der Waals surface area (Å²) in [6, 6.07) is 5.89. The number of hydrogen-bond acceptors (Lipinski definition) is 5. The number of rotatable bonds is 5. The summed E-state index contributed by atoms with van der Waals surface area (Å²) in [7, 11) is -3.04. The van der Waals surface area contributed by atoms with Crippen LogP contribution in [0.3, 0.4) is 0 Å². The number of ether oxygens (including phenoxy) is 1. The standard InChI is InChI=1S/C13H16N2O5S/c14-12(16)7-20-11-3-1-2-9(6-11)13(17)15-10-4-5-21(18,19)8-10/h1-3,6,10H,4-5,7-8H2,(H2,14,16)(H,15,17)/t10-/m1/s1. The van der Waals surface area contributed by atoms with Gasteiger partial charge in [-0.1, -0.05) is 6.07 Å². The molecule has 8 heteroatoms. The van der Waals surface area contributed by atoms with E-state index < -0.39 is 15.7 Å². The summed E-state index contributed by atoms with van der Waals surface area (Å²) in [6.45, 7) is -0.272. The maximum Gasteiger partial charge on any atom is 0.255 e. The molecule has 21 heavy (non-hydrogen) atoms. The molecule has 1 fully saturated rings. The van der Waals surface area contributed by atoms with Crippen molar-refractivity contribution in [3.05, 3.63) is 29.8 Å². The van der Waals surface area contributed by atoms with E-state index in [1.54, 1.807) is 18.2 Å². The summed E-state index contributed by atoms with van der Waals surface area (Å²) in [5, 5.41) is 2.68. The van der Waals surface area contributed by atoms with Crippen LogP contribution >= 0.6 is 0 Å². The third-order valence-electron chi connectivity index (χ3n) is 3.04. The minimum Gasteiger partial charge on any atom is -0.484 e. The molecule has 0 aromatic heterocycles. The molecule has 0 unspecified atom stereocenters. The van der Waals surface area contributed by atoms with E-state index in [4.69, 9.17) is 10.5 Å². The lowest BCUT2D eigenvalue weighted by atomic mass is 10.2. The normalized spacial score (nSPS) is 19.9. The van der Waals surface area contributed by atoms with E-state index in [1.807, 2.05) is 0 Å². The molecule has 0 saturated carbocycles. The molecule has 0 radical (unpaired) electrons. The van der Waals surface area contributed by atoms with Crippen LogP contribution in [0.15, 0.2) is 24.3 Å². The summed E-state index contributed by atoms with van der Waals surface area (Å²) >= 11 is 0. The second-order valence-electron chi connectivity index (χ2n) is 4.86. The number of carbonyl (C=O) groups is 2.